The summed E-state index contributed by atoms with van der Waals surface area (Å²) in [4.78, 5) is -0.227. The van der Waals surface area contributed by atoms with Gasteiger partial charge in [-0.25, -0.2) is 12.8 Å². The quantitative estimate of drug-likeness (QED) is 0.413. The average molecular weight is 399 g/mol. The second-order valence-corrected chi connectivity index (χ2v) is 6.57. The van der Waals surface area contributed by atoms with Crippen LogP contribution in [0.15, 0.2) is 21.5 Å². The molecule has 0 amide bonds. The molecule has 7 heteroatoms. The van der Waals surface area contributed by atoms with E-state index in [-0.39, 0.29) is 9.37 Å². The molecule has 1 aromatic carbocycles. The highest BCUT2D eigenvalue weighted by Crippen LogP contribution is 2.31. The van der Waals surface area contributed by atoms with Crippen molar-refractivity contribution < 1.29 is 12.8 Å². The molecule has 1 rings (SSSR count). The molecule has 0 aliphatic carbocycles. The zero-order chi connectivity index (χ0) is 10.2. The van der Waals surface area contributed by atoms with Gasteiger partial charge in [0.2, 0.25) is 0 Å². The van der Waals surface area contributed by atoms with Gasteiger partial charge in [-0.05, 0) is 50.7 Å². The van der Waals surface area contributed by atoms with E-state index in [1.807, 2.05) is 0 Å². The van der Waals surface area contributed by atoms with Crippen LogP contribution in [0.3, 0.4) is 0 Å². The fourth-order valence-electron chi connectivity index (χ4n) is 0.732. The summed E-state index contributed by atoms with van der Waals surface area (Å²) in [6.45, 7) is 0. The largest absolute Gasteiger partial charge is 0.263 e. The van der Waals surface area contributed by atoms with Crippen molar-refractivity contribution in [1.29, 1.82) is 0 Å². The Bertz CT molecular complexity index is 448. The van der Waals surface area contributed by atoms with Crippen molar-refractivity contribution in [1.82, 2.24) is 0 Å². The van der Waals surface area contributed by atoms with E-state index in [9.17, 15) is 12.8 Å². The minimum Gasteiger partial charge on any atom is -0.207 e. The lowest BCUT2D eigenvalue weighted by Gasteiger charge is -2.03. The molecule has 0 unspecified atom stereocenters. The lowest BCUT2D eigenvalue weighted by molar-refractivity contribution is 0.597. The standard InChI is InChI=1S/C6H2BrClFIO2S/c7-5-3(9)1-2-4(10)6(5)13(8,11)12/h1-2H. The van der Waals surface area contributed by atoms with E-state index in [0.29, 0.717) is 3.57 Å². The van der Waals surface area contributed by atoms with Crippen LogP contribution in [0.4, 0.5) is 4.39 Å². The Hall–Kier alpha value is 0.600. The maximum absolute atomic E-state index is 12.9. The number of halogens is 4. The van der Waals surface area contributed by atoms with Gasteiger partial charge in [0.15, 0.2) is 0 Å². The summed E-state index contributed by atoms with van der Waals surface area (Å²) in [6.07, 6.45) is 0. The number of hydrogen-bond acceptors (Lipinski definition) is 2. The number of rotatable bonds is 1. The summed E-state index contributed by atoms with van der Waals surface area (Å²) >= 11 is 4.59. The van der Waals surface area contributed by atoms with E-state index < -0.39 is 14.9 Å². The minimum absolute atomic E-state index is 0.130. The molecule has 0 spiro atoms. The van der Waals surface area contributed by atoms with Gasteiger partial charge in [-0.15, -0.1) is 0 Å². The molecule has 13 heavy (non-hydrogen) atoms. The van der Waals surface area contributed by atoms with Crippen LogP contribution in [0.25, 0.3) is 0 Å². The van der Waals surface area contributed by atoms with E-state index in [1.165, 1.54) is 6.07 Å². The van der Waals surface area contributed by atoms with E-state index in [1.54, 1.807) is 22.6 Å². The average Bonchev–Trinajstić information content (AvgIpc) is 1.95. The molecule has 0 fully saturated rings. The Labute approximate surface area is 101 Å². The van der Waals surface area contributed by atoms with Crippen LogP contribution in [0, 0.1) is 9.39 Å². The van der Waals surface area contributed by atoms with Gasteiger partial charge in [0.1, 0.15) is 10.7 Å². The summed E-state index contributed by atoms with van der Waals surface area (Å²) in [5.74, 6) is -0.653. The predicted molar refractivity (Wildman–Crippen MR) is 59.9 cm³/mol. The normalized spacial score (nSPS) is 11.7. The molecule has 0 heterocycles. The number of hydrogen-bond donors (Lipinski definition) is 0. The second kappa shape index (κ2) is 4.00. The molecule has 0 radical (unpaired) electrons. The van der Waals surface area contributed by atoms with E-state index in [0.717, 1.165) is 6.07 Å². The first-order chi connectivity index (χ1) is 5.84. The van der Waals surface area contributed by atoms with Gasteiger partial charge in [-0.2, -0.15) is 0 Å². The van der Waals surface area contributed by atoms with Gasteiger partial charge in [-0.3, -0.25) is 0 Å². The topological polar surface area (TPSA) is 34.1 Å². The molecule has 0 saturated carbocycles. The van der Waals surface area contributed by atoms with Gasteiger partial charge in [0, 0.05) is 14.3 Å². The highest BCUT2D eigenvalue weighted by Gasteiger charge is 2.20. The third-order valence-corrected chi connectivity index (χ3v) is 4.92. The number of benzene rings is 1. The summed E-state index contributed by atoms with van der Waals surface area (Å²) in [5.41, 5.74) is 0. The maximum atomic E-state index is 12.9. The molecular formula is C6H2BrClFIO2S. The van der Waals surface area contributed by atoms with Crippen LogP contribution in [0.1, 0.15) is 0 Å². The Morgan fingerprint density at radius 3 is 2.38 bits per heavy atom. The third-order valence-electron chi connectivity index (χ3n) is 1.25. The first-order valence-corrected chi connectivity index (χ1v) is 7.10. The van der Waals surface area contributed by atoms with Crippen LogP contribution in [-0.2, 0) is 9.05 Å². The molecule has 0 atom stereocenters. The van der Waals surface area contributed by atoms with Crippen molar-refractivity contribution in [2.24, 2.45) is 0 Å². The zero-order valence-electron chi connectivity index (χ0n) is 5.89. The Kier molecular flexibility index (Phi) is 3.59. The van der Waals surface area contributed by atoms with Crippen LogP contribution < -0.4 is 0 Å². The van der Waals surface area contributed by atoms with Gasteiger partial charge >= 0.3 is 0 Å². The molecule has 0 aromatic heterocycles. The van der Waals surface area contributed by atoms with Gasteiger partial charge in [0.25, 0.3) is 9.05 Å². The zero-order valence-corrected chi connectivity index (χ0v) is 11.2. The van der Waals surface area contributed by atoms with Crippen molar-refractivity contribution in [2.45, 2.75) is 4.90 Å². The van der Waals surface area contributed by atoms with E-state index >= 15 is 0 Å². The van der Waals surface area contributed by atoms with Gasteiger partial charge in [-0.1, -0.05) is 0 Å². The smallest absolute Gasteiger partial charge is 0.207 e. The lowest BCUT2D eigenvalue weighted by Crippen LogP contribution is -1.97. The fourth-order valence-corrected chi connectivity index (χ4v) is 5.17. The monoisotopic (exact) mass is 398 g/mol. The van der Waals surface area contributed by atoms with Crippen molar-refractivity contribution in [3.63, 3.8) is 0 Å². The molecule has 1 aromatic rings. The van der Waals surface area contributed by atoms with Crippen LogP contribution in [0.2, 0.25) is 0 Å². The molecule has 0 aliphatic rings. The molecular weight excluding hydrogens is 397 g/mol. The maximum Gasteiger partial charge on any atom is 0.263 e. The van der Waals surface area contributed by atoms with Crippen molar-refractivity contribution >= 4 is 58.3 Å². The first-order valence-electron chi connectivity index (χ1n) is 2.92. The SMILES string of the molecule is O=S(=O)(Cl)c1c(I)ccc(F)c1Br. The highest BCUT2D eigenvalue weighted by atomic mass is 127. The Morgan fingerprint density at radius 1 is 1.46 bits per heavy atom. The predicted octanol–water partition coefficient (Wildman–Crippen LogP) is 3.12. The van der Waals surface area contributed by atoms with E-state index in [2.05, 4.69) is 15.9 Å². The molecule has 0 saturated heterocycles. The van der Waals surface area contributed by atoms with Crippen LogP contribution in [0.5, 0.6) is 0 Å². The Balaban J connectivity index is 3.62. The summed E-state index contributed by atoms with van der Waals surface area (Å²) in [6, 6.07) is 2.51. The molecule has 2 nitrogen and oxygen atoms in total. The summed E-state index contributed by atoms with van der Waals surface area (Å²) in [5, 5.41) is 0. The fraction of sp³-hybridized carbons (Fsp3) is 0. The Morgan fingerprint density at radius 2 is 2.00 bits per heavy atom. The lowest BCUT2D eigenvalue weighted by atomic mass is 10.3. The van der Waals surface area contributed by atoms with E-state index in [4.69, 9.17) is 10.7 Å². The second-order valence-electron chi connectivity index (χ2n) is 2.11. The van der Waals surface area contributed by atoms with Crippen LogP contribution >= 0.6 is 49.2 Å². The van der Waals surface area contributed by atoms with Crippen molar-refractivity contribution in [2.75, 3.05) is 0 Å². The highest BCUT2D eigenvalue weighted by molar-refractivity contribution is 14.1. The molecule has 0 aliphatic heterocycles. The van der Waals surface area contributed by atoms with Gasteiger partial charge in [0.05, 0.1) is 4.47 Å². The molecule has 0 bridgehead atoms. The van der Waals surface area contributed by atoms with Crippen molar-refractivity contribution in [3.05, 3.63) is 26.0 Å². The minimum atomic E-state index is -3.91. The van der Waals surface area contributed by atoms with Crippen LogP contribution in [-0.4, -0.2) is 8.42 Å². The van der Waals surface area contributed by atoms with Crippen molar-refractivity contribution in [3.8, 4) is 0 Å². The molecule has 72 valence electrons. The summed E-state index contributed by atoms with van der Waals surface area (Å²) in [7, 11) is 1.20. The molecule has 0 N–H and O–H groups in total. The summed E-state index contributed by atoms with van der Waals surface area (Å²) < 4.78 is 35.1. The third kappa shape index (κ3) is 2.54. The first kappa shape index (κ1) is 11.7. The van der Waals surface area contributed by atoms with Gasteiger partial charge < -0.3 is 0 Å².